The Kier molecular flexibility index (Phi) is 5.18. The number of carbonyl (C=O) groups is 1. The van der Waals surface area contributed by atoms with E-state index in [9.17, 15) is 13.2 Å². The molecule has 1 aromatic rings. The molecule has 7 heteroatoms. The molecule has 2 rings (SSSR count). The molecule has 6 nitrogen and oxygen atoms in total. The monoisotopic (exact) mass is 323 g/mol. The highest BCUT2D eigenvalue weighted by Gasteiger charge is 2.30. The van der Waals surface area contributed by atoms with E-state index in [-0.39, 0.29) is 17.3 Å². The zero-order valence-electron chi connectivity index (χ0n) is 12.9. The van der Waals surface area contributed by atoms with Crippen molar-refractivity contribution in [3.05, 3.63) is 29.8 Å². The summed E-state index contributed by atoms with van der Waals surface area (Å²) in [5.74, 6) is 0.183. The Morgan fingerprint density at radius 1 is 1.27 bits per heavy atom. The normalized spacial score (nSPS) is 15.1. The molecule has 0 spiro atoms. The number of nitrogens with zero attached hydrogens (tertiary/aromatic N) is 2. The molecule has 1 N–H and O–H groups in total. The third kappa shape index (κ3) is 3.65. The summed E-state index contributed by atoms with van der Waals surface area (Å²) >= 11 is 0. The Hall–Kier alpha value is -1.89. The lowest BCUT2D eigenvalue weighted by Crippen LogP contribution is -2.38. The number of benzene rings is 1. The number of amides is 1. The van der Waals surface area contributed by atoms with E-state index < -0.39 is 10.0 Å². The van der Waals surface area contributed by atoms with Crippen LogP contribution in [0.5, 0.6) is 0 Å². The van der Waals surface area contributed by atoms with Crippen LogP contribution in [0.1, 0.15) is 31.7 Å². The number of fused-ring (bicyclic) bond motifs is 1. The predicted molar refractivity (Wildman–Crippen MR) is 85.3 cm³/mol. The maximum absolute atomic E-state index is 12.0. The number of sulfonamides is 1. The van der Waals surface area contributed by atoms with Gasteiger partial charge in [-0.15, -0.1) is 4.40 Å². The molecule has 120 valence electrons. The van der Waals surface area contributed by atoms with Gasteiger partial charge >= 0.3 is 0 Å². The van der Waals surface area contributed by atoms with Crippen LogP contribution in [0.2, 0.25) is 0 Å². The van der Waals surface area contributed by atoms with E-state index in [0.29, 0.717) is 17.9 Å². The van der Waals surface area contributed by atoms with Gasteiger partial charge < -0.3 is 10.2 Å². The number of hydrogen-bond donors (Lipinski definition) is 1. The van der Waals surface area contributed by atoms with Gasteiger partial charge in [0.25, 0.3) is 10.0 Å². The van der Waals surface area contributed by atoms with E-state index in [1.165, 1.54) is 6.07 Å². The summed E-state index contributed by atoms with van der Waals surface area (Å²) in [5.41, 5.74) is 0.545. The lowest BCUT2D eigenvalue weighted by molar-refractivity contribution is -0.121. The number of likely N-dealkylation sites (N-methyl/N-ethyl adjacent to an activating group) is 1. The molecule has 0 atom stereocenters. The summed E-state index contributed by atoms with van der Waals surface area (Å²) in [5, 5.41) is 2.83. The van der Waals surface area contributed by atoms with Gasteiger partial charge in [-0.25, -0.2) is 0 Å². The zero-order chi connectivity index (χ0) is 16.2. The lowest BCUT2D eigenvalue weighted by atomic mass is 10.2. The van der Waals surface area contributed by atoms with Gasteiger partial charge in [-0.2, -0.15) is 8.42 Å². The van der Waals surface area contributed by atoms with Crippen molar-refractivity contribution in [1.82, 2.24) is 10.2 Å². The third-order valence-electron chi connectivity index (χ3n) is 3.46. The third-order valence-corrected chi connectivity index (χ3v) is 4.78. The van der Waals surface area contributed by atoms with Crippen LogP contribution in [0.25, 0.3) is 0 Å². The van der Waals surface area contributed by atoms with Crippen LogP contribution in [0, 0.1) is 0 Å². The maximum Gasteiger partial charge on any atom is 0.285 e. The van der Waals surface area contributed by atoms with E-state index >= 15 is 0 Å². The number of amidine groups is 1. The summed E-state index contributed by atoms with van der Waals surface area (Å²) in [6.07, 6.45) is 3.12. The summed E-state index contributed by atoms with van der Waals surface area (Å²) in [4.78, 5) is 13.7. The molecule has 0 fully saturated rings. The van der Waals surface area contributed by atoms with Crippen LogP contribution >= 0.6 is 0 Å². The van der Waals surface area contributed by atoms with Gasteiger partial charge in [0.05, 0.1) is 6.54 Å². The SMILES string of the molecule is CCCCCNC(=O)CN(C)C1=NS(=O)(=O)c2ccccc21. The molecule has 0 saturated carbocycles. The summed E-state index contributed by atoms with van der Waals surface area (Å²) in [6, 6.07) is 6.65. The van der Waals surface area contributed by atoms with Gasteiger partial charge in [-0.1, -0.05) is 31.9 Å². The number of nitrogens with one attached hydrogen (secondary N) is 1. The predicted octanol–water partition coefficient (Wildman–Crippen LogP) is 1.37. The van der Waals surface area contributed by atoms with Gasteiger partial charge in [0.15, 0.2) is 5.84 Å². The van der Waals surface area contributed by atoms with E-state index in [2.05, 4.69) is 16.6 Å². The first kappa shape index (κ1) is 16.5. The van der Waals surface area contributed by atoms with Crippen molar-refractivity contribution in [2.75, 3.05) is 20.1 Å². The van der Waals surface area contributed by atoms with Crippen molar-refractivity contribution in [3.8, 4) is 0 Å². The van der Waals surface area contributed by atoms with Crippen molar-refractivity contribution in [2.45, 2.75) is 31.1 Å². The molecule has 1 aliphatic rings. The topological polar surface area (TPSA) is 78.8 Å². The molecular formula is C15H21N3O3S. The smallest absolute Gasteiger partial charge is 0.285 e. The molecule has 1 amide bonds. The van der Waals surface area contributed by atoms with E-state index in [4.69, 9.17) is 0 Å². The van der Waals surface area contributed by atoms with Crippen LogP contribution in [0.15, 0.2) is 33.6 Å². The lowest BCUT2D eigenvalue weighted by Gasteiger charge is -2.18. The van der Waals surface area contributed by atoms with Gasteiger partial charge in [0.1, 0.15) is 4.90 Å². The van der Waals surface area contributed by atoms with Crippen LogP contribution in [-0.2, 0) is 14.8 Å². The summed E-state index contributed by atoms with van der Waals surface area (Å²) < 4.78 is 27.8. The Bertz CT molecular complexity index is 683. The van der Waals surface area contributed by atoms with E-state index in [1.54, 1.807) is 30.1 Å². The van der Waals surface area contributed by atoms with Crippen molar-refractivity contribution >= 4 is 21.8 Å². The fraction of sp³-hybridized carbons (Fsp3) is 0.467. The standard InChI is InChI=1S/C15H21N3O3S/c1-3-4-7-10-16-14(19)11-18(2)15-12-8-5-6-9-13(12)22(20,21)17-15/h5-6,8-9H,3-4,7,10-11H2,1-2H3,(H,16,19). The maximum atomic E-state index is 12.0. The van der Waals surface area contributed by atoms with Crippen molar-refractivity contribution in [2.24, 2.45) is 4.40 Å². The van der Waals surface area contributed by atoms with Crippen LogP contribution in [0.3, 0.4) is 0 Å². The zero-order valence-corrected chi connectivity index (χ0v) is 13.7. The molecule has 22 heavy (non-hydrogen) atoms. The fourth-order valence-electron chi connectivity index (χ4n) is 2.31. The largest absolute Gasteiger partial charge is 0.355 e. The Morgan fingerprint density at radius 3 is 2.73 bits per heavy atom. The van der Waals surface area contributed by atoms with Gasteiger partial charge in [0.2, 0.25) is 5.91 Å². The van der Waals surface area contributed by atoms with Crippen molar-refractivity contribution in [1.29, 1.82) is 0 Å². The second kappa shape index (κ2) is 6.91. The highest BCUT2D eigenvalue weighted by molar-refractivity contribution is 7.90. The van der Waals surface area contributed by atoms with Crippen LogP contribution in [-0.4, -0.2) is 45.2 Å². The molecule has 0 aliphatic carbocycles. The fourth-order valence-corrected chi connectivity index (χ4v) is 3.56. The number of carbonyl (C=O) groups excluding carboxylic acids is 1. The molecule has 0 unspecified atom stereocenters. The van der Waals surface area contributed by atoms with Crippen molar-refractivity contribution < 1.29 is 13.2 Å². The Morgan fingerprint density at radius 2 is 2.00 bits per heavy atom. The second-order valence-electron chi connectivity index (χ2n) is 5.30. The first-order valence-electron chi connectivity index (χ1n) is 7.38. The molecule has 1 aromatic carbocycles. The van der Waals surface area contributed by atoms with Gasteiger partial charge in [0, 0.05) is 19.2 Å². The van der Waals surface area contributed by atoms with Crippen LogP contribution < -0.4 is 5.32 Å². The van der Waals surface area contributed by atoms with Gasteiger partial charge in [-0.05, 0) is 18.6 Å². The van der Waals surface area contributed by atoms with E-state index in [0.717, 1.165) is 19.3 Å². The first-order valence-corrected chi connectivity index (χ1v) is 8.82. The first-order chi connectivity index (χ1) is 10.5. The molecule has 0 bridgehead atoms. The number of rotatable bonds is 6. The highest BCUT2D eigenvalue weighted by Crippen LogP contribution is 2.26. The molecule has 0 radical (unpaired) electrons. The summed E-state index contributed by atoms with van der Waals surface area (Å²) in [6.45, 7) is 2.82. The Balaban J connectivity index is 2.02. The van der Waals surface area contributed by atoms with Crippen molar-refractivity contribution in [3.63, 3.8) is 0 Å². The second-order valence-corrected chi connectivity index (χ2v) is 6.87. The molecule has 0 aromatic heterocycles. The highest BCUT2D eigenvalue weighted by atomic mass is 32.2. The van der Waals surface area contributed by atoms with Gasteiger partial charge in [-0.3, -0.25) is 4.79 Å². The average molecular weight is 323 g/mol. The minimum Gasteiger partial charge on any atom is -0.355 e. The molecular weight excluding hydrogens is 302 g/mol. The molecule has 1 aliphatic heterocycles. The quantitative estimate of drug-likeness (QED) is 0.802. The minimum atomic E-state index is -3.65. The molecule has 1 heterocycles. The minimum absolute atomic E-state index is 0.0782. The van der Waals surface area contributed by atoms with E-state index in [1.807, 2.05) is 0 Å². The molecule has 0 saturated heterocycles. The Labute approximate surface area is 131 Å². The van der Waals surface area contributed by atoms with Crippen LogP contribution in [0.4, 0.5) is 0 Å². The number of unbranched alkanes of at least 4 members (excludes halogenated alkanes) is 2. The number of hydrogen-bond acceptors (Lipinski definition) is 4. The summed E-state index contributed by atoms with van der Waals surface area (Å²) in [7, 11) is -1.98. The average Bonchev–Trinajstić information content (AvgIpc) is 2.76.